The van der Waals surface area contributed by atoms with E-state index < -0.39 is 0 Å². The van der Waals surface area contributed by atoms with Crippen LogP contribution in [0.3, 0.4) is 0 Å². The summed E-state index contributed by atoms with van der Waals surface area (Å²) in [5.41, 5.74) is 3.25. The van der Waals surface area contributed by atoms with Crippen molar-refractivity contribution in [3.05, 3.63) is 42.6 Å². The molecule has 2 aromatic heterocycles. The van der Waals surface area contributed by atoms with Crippen molar-refractivity contribution in [3.63, 3.8) is 0 Å². The molecule has 0 unspecified atom stereocenters. The quantitative estimate of drug-likeness (QED) is 0.482. The number of fused-ring (bicyclic) bond motifs is 1. The monoisotopic (exact) mass is 407 g/mol. The van der Waals surface area contributed by atoms with E-state index in [9.17, 15) is 4.79 Å². The Bertz CT molecular complexity index is 986. The molecule has 1 aromatic carbocycles. The van der Waals surface area contributed by atoms with Crippen LogP contribution in [0.2, 0.25) is 0 Å². The van der Waals surface area contributed by atoms with Crippen molar-refractivity contribution < 1.29 is 4.79 Å². The summed E-state index contributed by atoms with van der Waals surface area (Å²) in [6.07, 6.45) is 3.89. The number of carbonyl (C=O) groups excluding carboxylic acids is 1. The summed E-state index contributed by atoms with van der Waals surface area (Å²) in [4.78, 5) is 27.5. The van der Waals surface area contributed by atoms with E-state index in [1.807, 2.05) is 19.1 Å². The number of nitrogens with zero attached hydrogens (tertiary/aromatic N) is 4. The number of benzene rings is 1. The molecule has 30 heavy (non-hydrogen) atoms. The van der Waals surface area contributed by atoms with E-state index in [0.29, 0.717) is 29.3 Å². The molecule has 158 valence electrons. The maximum Gasteiger partial charge on any atom is 0.320 e. The Morgan fingerprint density at radius 3 is 2.50 bits per heavy atom. The summed E-state index contributed by atoms with van der Waals surface area (Å²) in [6.45, 7) is 8.83. The van der Waals surface area contributed by atoms with E-state index in [0.717, 1.165) is 31.6 Å². The molecule has 0 fully saturated rings. The average molecular weight is 408 g/mol. The molecule has 0 aliphatic heterocycles. The third kappa shape index (κ3) is 5.56. The van der Waals surface area contributed by atoms with Gasteiger partial charge in [-0.05, 0) is 50.1 Å². The first-order chi connectivity index (χ1) is 14.6. The highest BCUT2D eigenvalue weighted by atomic mass is 16.2. The molecular formula is C22H29N7O. The highest BCUT2D eigenvalue weighted by Gasteiger charge is 2.08. The standard InChI is InChI=1S/C22H29N7O/c1-4-12-29(13-5-2)17-9-7-8-16(14-17)25-20-15-24-18-10-11-19(26-21(18)27-20)28-22(30)23-6-3/h7-11,14-15H,4-6,12-13H2,1-3H3,(H3,23,25,26,27,28,30). The van der Waals surface area contributed by atoms with Gasteiger partial charge in [-0.3, -0.25) is 5.32 Å². The molecule has 3 rings (SSSR count). The van der Waals surface area contributed by atoms with Crippen molar-refractivity contribution in [3.8, 4) is 0 Å². The molecule has 3 N–H and O–H groups in total. The molecule has 0 spiro atoms. The summed E-state index contributed by atoms with van der Waals surface area (Å²) in [7, 11) is 0. The number of aromatic nitrogens is 3. The normalized spacial score (nSPS) is 10.6. The zero-order valence-corrected chi connectivity index (χ0v) is 17.8. The van der Waals surface area contributed by atoms with E-state index >= 15 is 0 Å². The molecule has 0 aliphatic rings. The fourth-order valence-corrected chi connectivity index (χ4v) is 3.19. The smallest absolute Gasteiger partial charge is 0.320 e. The van der Waals surface area contributed by atoms with E-state index in [2.05, 4.69) is 61.8 Å². The van der Waals surface area contributed by atoms with Crippen LogP contribution in [0.15, 0.2) is 42.6 Å². The average Bonchev–Trinajstić information content (AvgIpc) is 2.74. The van der Waals surface area contributed by atoms with Gasteiger partial charge in [0.25, 0.3) is 0 Å². The molecule has 0 saturated carbocycles. The molecule has 3 aromatic rings. The molecule has 0 atom stereocenters. The van der Waals surface area contributed by atoms with Gasteiger partial charge in [0.2, 0.25) is 0 Å². The second kappa shape index (κ2) is 10.4. The topological polar surface area (TPSA) is 95.1 Å². The summed E-state index contributed by atoms with van der Waals surface area (Å²) in [5.74, 6) is 1.02. The number of hydrogen-bond acceptors (Lipinski definition) is 6. The first-order valence-corrected chi connectivity index (χ1v) is 10.4. The second-order valence-corrected chi connectivity index (χ2v) is 6.94. The lowest BCUT2D eigenvalue weighted by molar-refractivity contribution is 0.252. The maximum atomic E-state index is 11.7. The lowest BCUT2D eigenvalue weighted by Gasteiger charge is -2.24. The van der Waals surface area contributed by atoms with Gasteiger partial charge in [-0.2, -0.15) is 0 Å². The van der Waals surface area contributed by atoms with Crippen molar-refractivity contribution in [2.24, 2.45) is 0 Å². The Labute approximate surface area is 177 Å². The van der Waals surface area contributed by atoms with Crippen LogP contribution in [0.1, 0.15) is 33.6 Å². The van der Waals surface area contributed by atoms with Crippen LogP contribution >= 0.6 is 0 Å². The number of amides is 2. The SMILES string of the molecule is CCCN(CCC)c1cccc(Nc2cnc3ccc(NC(=O)NCC)nc3n2)c1. The minimum Gasteiger partial charge on any atom is -0.371 e. The maximum absolute atomic E-state index is 11.7. The molecule has 8 heteroatoms. The van der Waals surface area contributed by atoms with Crippen molar-refractivity contribution in [2.75, 3.05) is 35.2 Å². The van der Waals surface area contributed by atoms with E-state index in [1.165, 1.54) is 5.69 Å². The van der Waals surface area contributed by atoms with Crippen LogP contribution in [-0.2, 0) is 0 Å². The summed E-state index contributed by atoms with van der Waals surface area (Å²) in [5, 5.41) is 8.69. The summed E-state index contributed by atoms with van der Waals surface area (Å²) >= 11 is 0. The van der Waals surface area contributed by atoms with Crippen LogP contribution in [0.5, 0.6) is 0 Å². The lowest BCUT2D eigenvalue weighted by Crippen LogP contribution is -2.28. The summed E-state index contributed by atoms with van der Waals surface area (Å²) in [6, 6.07) is 11.5. The fraction of sp³-hybridized carbons (Fsp3) is 0.364. The van der Waals surface area contributed by atoms with Crippen LogP contribution in [-0.4, -0.2) is 40.6 Å². The van der Waals surface area contributed by atoms with Crippen LogP contribution in [0, 0.1) is 0 Å². The first kappa shape index (κ1) is 21.3. The Morgan fingerprint density at radius 1 is 1.00 bits per heavy atom. The van der Waals surface area contributed by atoms with Crippen molar-refractivity contribution >= 4 is 40.2 Å². The minimum absolute atomic E-state index is 0.299. The van der Waals surface area contributed by atoms with Gasteiger partial charge in [0.15, 0.2) is 11.5 Å². The van der Waals surface area contributed by atoms with Gasteiger partial charge in [-0.15, -0.1) is 0 Å². The van der Waals surface area contributed by atoms with Crippen LogP contribution in [0.25, 0.3) is 11.2 Å². The number of nitrogens with one attached hydrogen (secondary N) is 3. The molecule has 8 nitrogen and oxygen atoms in total. The molecule has 0 bridgehead atoms. The number of anilines is 4. The zero-order chi connectivity index (χ0) is 21.3. The van der Waals surface area contributed by atoms with Gasteiger partial charge >= 0.3 is 6.03 Å². The lowest BCUT2D eigenvalue weighted by atomic mass is 10.2. The van der Waals surface area contributed by atoms with E-state index in [-0.39, 0.29) is 6.03 Å². The van der Waals surface area contributed by atoms with Gasteiger partial charge in [0, 0.05) is 31.0 Å². The fourth-order valence-electron chi connectivity index (χ4n) is 3.19. The zero-order valence-electron chi connectivity index (χ0n) is 17.8. The highest BCUT2D eigenvalue weighted by Crippen LogP contribution is 2.23. The third-order valence-electron chi connectivity index (χ3n) is 4.46. The predicted molar refractivity (Wildman–Crippen MR) is 123 cm³/mol. The largest absolute Gasteiger partial charge is 0.371 e. The number of pyridine rings is 1. The number of urea groups is 1. The molecule has 2 heterocycles. The second-order valence-electron chi connectivity index (χ2n) is 6.94. The Morgan fingerprint density at radius 2 is 1.77 bits per heavy atom. The Balaban J connectivity index is 1.80. The van der Waals surface area contributed by atoms with Gasteiger partial charge in [-0.1, -0.05) is 19.9 Å². The predicted octanol–water partition coefficient (Wildman–Crippen LogP) is 4.54. The highest BCUT2D eigenvalue weighted by molar-refractivity contribution is 5.89. The molecule has 0 aliphatic carbocycles. The van der Waals surface area contributed by atoms with Crippen LogP contribution in [0.4, 0.5) is 27.8 Å². The molecule has 0 saturated heterocycles. The Hall–Kier alpha value is -3.42. The number of rotatable bonds is 9. The van der Waals surface area contributed by atoms with Crippen molar-refractivity contribution in [2.45, 2.75) is 33.6 Å². The molecule has 0 radical (unpaired) electrons. The first-order valence-electron chi connectivity index (χ1n) is 10.4. The van der Waals surface area contributed by atoms with Crippen molar-refractivity contribution in [1.82, 2.24) is 20.3 Å². The molecule has 2 amide bonds. The summed E-state index contributed by atoms with van der Waals surface area (Å²) < 4.78 is 0. The van der Waals surface area contributed by atoms with E-state index in [4.69, 9.17) is 0 Å². The Kier molecular flexibility index (Phi) is 7.37. The van der Waals surface area contributed by atoms with Gasteiger partial charge in [0.05, 0.1) is 6.20 Å². The number of hydrogen-bond donors (Lipinski definition) is 3. The van der Waals surface area contributed by atoms with E-state index in [1.54, 1.807) is 18.3 Å². The number of carbonyl (C=O) groups is 1. The van der Waals surface area contributed by atoms with Gasteiger partial charge in [-0.25, -0.2) is 19.7 Å². The third-order valence-corrected chi connectivity index (χ3v) is 4.46. The van der Waals surface area contributed by atoms with Crippen molar-refractivity contribution in [1.29, 1.82) is 0 Å². The molecular weight excluding hydrogens is 378 g/mol. The van der Waals surface area contributed by atoms with Gasteiger partial charge < -0.3 is 15.5 Å². The van der Waals surface area contributed by atoms with Gasteiger partial charge in [0.1, 0.15) is 11.3 Å². The minimum atomic E-state index is -0.299. The van der Waals surface area contributed by atoms with Crippen LogP contribution < -0.4 is 20.9 Å².